The zero-order chi connectivity index (χ0) is 94.0. The number of carbonyl (C=O) groups is 3. The molecule has 1 unspecified atom stereocenters. The van der Waals surface area contributed by atoms with Crippen molar-refractivity contribution in [1.29, 1.82) is 21.0 Å². The number of benzene rings is 6. The van der Waals surface area contributed by atoms with E-state index < -0.39 is 80.0 Å². The molecule has 0 bridgehead atoms. The van der Waals surface area contributed by atoms with Gasteiger partial charge in [-0.1, -0.05) is 0 Å². The molecule has 3 aromatic heterocycles. The number of nitriles is 4. The van der Waals surface area contributed by atoms with Gasteiger partial charge in [0.05, 0.1) is 113 Å². The fourth-order valence-corrected chi connectivity index (χ4v) is 17.4. The van der Waals surface area contributed by atoms with Crippen LogP contribution < -0.4 is 44.9 Å². The SMILES string of the molecule is CC(C#N)C(=O)N1CC[C@H](Oc2ccc(-c3nccc(Nc4ccc(N5CCN(C6COC6)CC5)cc4)n3)cc2C#N)[C@H](F)C1.N#Cc1cc(-c2nccc(Nc3ccc(N4CCN(C5COC5)CC4)cc3)n2)ccc1O[C@H]1CCN(C(=O)[C@@H](O)CO)C[C@H]1F.N#Cc1cc(-c2nccc(Nc3ccc(N4CCN(C5COC5)CC4)cc3)n2)ccc1O[C@H]1CCN(C(=O)[C@H](O)CO)C[C@H]1F. The van der Waals surface area contributed by atoms with Gasteiger partial charge in [0, 0.05) is 187 Å². The summed E-state index contributed by atoms with van der Waals surface area (Å²) in [6.07, 6.45) is -4.70. The summed E-state index contributed by atoms with van der Waals surface area (Å²) in [5.41, 5.74) is 8.66. The number of hydrogen-bond acceptors (Lipinski definition) is 32. The number of alkyl halides is 3. The smallest absolute Gasteiger partial charge is 0.253 e. The van der Waals surface area contributed by atoms with Crippen LogP contribution in [0, 0.1) is 51.2 Å². The Kier molecular flexibility index (Phi) is 31.3. The summed E-state index contributed by atoms with van der Waals surface area (Å²) in [6, 6.07) is 54.9. The summed E-state index contributed by atoms with van der Waals surface area (Å²) in [5.74, 6) is 1.07. The minimum absolute atomic E-state index is 0.153. The van der Waals surface area contributed by atoms with Crippen molar-refractivity contribution in [3.8, 4) is 75.7 Å². The Morgan fingerprint density at radius 2 is 0.689 bits per heavy atom. The molecule has 3 amide bonds. The first-order chi connectivity index (χ1) is 65.7. The number of amides is 3. The van der Waals surface area contributed by atoms with E-state index in [2.05, 4.69) is 130 Å². The maximum absolute atomic E-state index is 15.0. The highest BCUT2D eigenvalue weighted by Gasteiger charge is 2.40. The predicted molar refractivity (Wildman–Crippen MR) is 493 cm³/mol. The van der Waals surface area contributed by atoms with E-state index in [0.29, 0.717) is 69.7 Å². The Labute approximate surface area is 779 Å². The highest BCUT2D eigenvalue weighted by Crippen LogP contribution is 2.36. The van der Waals surface area contributed by atoms with Crippen LogP contribution in [0.2, 0.25) is 0 Å². The van der Waals surface area contributed by atoms with Crippen molar-refractivity contribution in [2.24, 2.45) is 5.92 Å². The van der Waals surface area contributed by atoms with Gasteiger partial charge in [-0.15, -0.1) is 0 Å². The van der Waals surface area contributed by atoms with E-state index in [1.807, 2.05) is 42.5 Å². The van der Waals surface area contributed by atoms with Crippen molar-refractivity contribution in [2.75, 3.05) is 201 Å². The van der Waals surface area contributed by atoms with Gasteiger partial charge in [0.2, 0.25) is 5.91 Å². The number of halogens is 3. The predicted octanol–water partition coefficient (Wildman–Crippen LogP) is 7.66. The molecular formula is C97H107F3N22O13. The van der Waals surface area contributed by atoms with Crippen LogP contribution in [-0.2, 0) is 28.6 Å². The third kappa shape index (κ3) is 23.5. The number of hydrogen-bond donors (Lipinski definition) is 7. The fourth-order valence-electron chi connectivity index (χ4n) is 17.4. The van der Waals surface area contributed by atoms with Crippen LogP contribution in [0.25, 0.3) is 34.2 Å². The molecule has 135 heavy (non-hydrogen) atoms. The maximum atomic E-state index is 15.0. The standard InChI is InChI=1S/C33H35FN8O3.2C32H36FN7O5/c1-22(17-35)33(43)42-11-9-30(28(34)19-42)45-29-7-2-23(16-24(29)18-36)32-37-10-8-31(39-32)38-25-3-5-26(6-4-25)40-12-14-41(15-13-40)27-20-44-21-27;2*33-26-17-40(32(43)27(42)18-41)10-8-29(26)45-28-6-1-21(15-22(28)16-34)31-35-9-7-30(37-31)36-23-2-4-24(5-3-23)38-11-13-39(14-12-38)25-19-44-20-25/h2-8,10,16,22,27-28,30H,9,11-15,19-21H2,1H3,(H,37,38,39);2*1-7,9,15,25-27,29,41-42H,8,10-14,17-20H2,(H,35,36,37)/t22?,28-,30+;26-,27+,29+;26-,27-,29+/m111/s1. The Morgan fingerprint density at radius 1 is 0.407 bits per heavy atom. The monoisotopic (exact) mass is 1840 g/mol. The van der Waals surface area contributed by atoms with E-state index >= 15 is 0 Å². The zero-order valence-electron chi connectivity index (χ0n) is 74.6. The quantitative estimate of drug-likeness (QED) is 0.0273. The molecule has 12 heterocycles. The Morgan fingerprint density at radius 3 is 0.933 bits per heavy atom. The van der Waals surface area contributed by atoms with Gasteiger partial charge < -0.3 is 94.2 Å². The molecule has 704 valence electrons. The summed E-state index contributed by atoms with van der Waals surface area (Å²) in [7, 11) is 0. The van der Waals surface area contributed by atoms with Gasteiger partial charge in [0.25, 0.3) is 11.8 Å². The molecule has 9 aliphatic rings. The second kappa shape index (κ2) is 44.6. The Bertz CT molecular complexity index is 5520. The number of carbonyl (C=O) groups excluding carboxylic acids is 3. The number of nitrogens with zero attached hydrogens (tertiary/aromatic N) is 19. The van der Waals surface area contributed by atoms with E-state index in [4.69, 9.17) is 43.9 Å². The van der Waals surface area contributed by atoms with Gasteiger partial charge >= 0.3 is 0 Å². The minimum atomic E-state index is -1.58. The van der Waals surface area contributed by atoms with Crippen molar-refractivity contribution in [3.05, 3.63) is 181 Å². The Hall–Kier alpha value is -13.5. The van der Waals surface area contributed by atoms with Gasteiger partial charge in [-0.2, -0.15) is 21.0 Å². The molecule has 0 radical (unpaired) electrons. The van der Waals surface area contributed by atoms with Gasteiger partial charge in [-0.05, 0) is 153 Å². The molecule has 9 aromatic rings. The number of aromatic nitrogens is 6. The van der Waals surface area contributed by atoms with E-state index in [-0.39, 0.29) is 98.4 Å². The molecule has 9 fully saturated rings. The molecule has 7 N–H and O–H groups in total. The normalized spacial score (nSPS) is 21.4. The van der Waals surface area contributed by atoms with Crippen LogP contribution in [0.4, 0.5) is 64.7 Å². The topological polar surface area (TPSA) is 425 Å². The van der Waals surface area contributed by atoms with E-state index in [1.54, 1.807) is 91.4 Å². The largest absolute Gasteiger partial charge is 0.486 e. The number of likely N-dealkylation sites (tertiary alicyclic amines) is 3. The molecule has 9 saturated heterocycles. The van der Waals surface area contributed by atoms with Crippen LogP contribution in [0.5, 0.6) is 17.2 Å². The molecule has 6 aromatic carbocycles. The van der Waals surface area contributed by atoms with Gasteiger partial charge in [-0.25, -0.2) is 43.1 Å². The van der Waals surface area contributed by atoms with E-state index in [1.165, 1.54) is 38.7 Å². The fraction of sp³-hybridized carbons (Fsp3) is 0.433. The van der Waals surface area contributed by atoms with Crippen molar-refractivity contribution >= 4 is 69.3 Å². The third-order valence-corrected chi connectivity index (χ3v) is 25.6. The number of piperazine rings is 3. The summed E-state index contributed by atoms with van der Waals surface area (Å²) in [6.45, 7) is 17.2. The van der Waals surface area contributed by atoms with Crippen molar-refractivity contribution in [1.82, 2.24) is 59.3 Å². The molecular weight excluding hydrogens is 1740 g/mol. The molecule has 35 nitrogen and oxygen atoms in total. The molecule has 9 aliphatic heterocycles. The summed E-state index contributed by atoms with van der Waals surface area (Å²) >= 11 is 0. The van der Waals surface area contributed by atoms with Crippen LogP contribution in [0.15, 0.2) is 164 Å². The maximum Gasteiger partial charge on any atom is 0.253 e. The number of piperidine rings is 3. The number of aliphatic hydroxyl groups is 4. The number of anilines is 9. The first-order valence-electron chi connectivity index (χ1n) is 45.4. The summed E-state index contributed by atoms with van der Waals surface area (Å²) in [4.78, 5) is 81.9. The summed E-state index contributed by atoms with van der Waals surface area (Å²) in [5, 5.41) is 85.6. The van der Waals surface area contributed by atoms with Gasteiger partial charge in [-0.3, -0.25) is 29.1 Å². The average Bonchev–Trinajstić information content (AvgIpc) is 0.816. The Balaban J connectivity index is 0.000000147. The van der Waals surface area contributed by atoms with Crippen LogP contribution in [0.3, 0.4) is 0 Å². The molecule has 0 saturated carbocycles. The number of aliphatic hydroxyl groups excluding tert-OH is 4. The first-order valence-corrected chi connectivity index (χ1v) is 45.4. The molecule has 9 atom stereocenters. The van der Waals surface area contributed by atoms with E-state index in [0.717, 1.165) is 135 Å². The first kappa shape index (κ1) is 94.7. The number of ether oxygens (including phenoxy) is 6. The second-order valence-corrected chi connectivity index (χ2v) is 34.4. The molecule has 38 heteroatoms. The lowest BCUT2D eigenvalue weighted by molar-refractivity contribution is -0.146. The number of nitrogens with one attached hydrogen (secondary N) is 3. The minimum Gasteiger partial charge on any atom is -0.486 e. The number of rotatable bonds is 26. The third-order valence-electron chi connectivity index (χ3n) is 25.6. The van der Waals surface area contributed by atoms with Crippen LogP contribution in [0.1, 0.15) is 42.9 Å². The van der Waals surface area contributed by atoms with E-state index in [9.17, 15) is 53.6 Å². The van der Waals surface area contributed by atoms with Crippen LogP contribution in [-0.4, -0.2) is 335 Å². The molecule has 18 rings (SSSR count). The lowest BCUT2D eigenvalue weighted by Gasteiger charge is -2.43. The zero-order valence-corrected chi connectivity index (χ0v) is 74.6. The highest BCUT2D eigenvalue weighted by molar-refractivity contribution is 5.82. The summed E-state index contributed by atoms with van der Waals surface area (Å²) < 4.78 is 78.4. The van der Waals surface area contributed by atoms with Crippen molar-refractivity contribution in [3.63, 3.8) is 0 Å². The molecule has 0 aliphatic carbocycles. The second-order valence-electron chi connectivity index (χ2n) is 34.4. The molecule has 0 spiro atoms. The lowest BCUT2D eigenvalue weighted by Crippen LogP contribution is -2.56. The lowest BCUT2D eigenvalue weighted by atomic mass is 10.0. The van der Waals surface area contributed by atoms with Crippen molar-refractivity contribution < 1.29 is 76.4 Å². The highest BCUT2D eigenvalue weighted by atomic mass is 19.1. The van der Waals surface area contributed by atoms with Gasteiger partial charge in [0.1, 0.15) is 77.1 Å². The van der Waals surface area contributed by atoms with Crippen LogP contribution >= 0.6 is 0 Å². The van der Waals surface area contributed by atoms with Crippen molar-refractivity contribution in [2.45, 2.75) is 93.3 Å². The average molecular weight is 1850 g/mol. The van der Waals surface area contributed by atoms with Gasteiger partial charge in [0.15, 0.2) is 48.2 Å².